The Labute approximate surface area is 146 Å². The minimum absolute atomic E-state index is 0.100. The molecule has 8 nitrogen and oxygen atoms in total. The molecule has 1 saturated heterocycles. The molecule has 3 rings (SSSR count). The summed E-state index contributed by atoms with van der Waals surface area (Å²) in [4.78, 5) is 22.4. The molecule has 0 saturated carbocycles. The second-order valence-electron chi connectivity index (χ2n) is 6.26. The number of hydrogen-bond acceptors (Lipinski definition) is 7. The molecule has 1 atom stereocenters. The Morgan fingerprint density at radius 3 is 3.00 bits per heavy atom. The Morgan fingerprint density at radius 2 is 2.20 bits per heavy atom. The number of nitrogens with one attached hydrogen (secondary N) is 1. The van der Waals surface area contributed by atoms with E-state index in [2.05, 4.69) is 25.3 Å². The van der Waals surface area contributed by atoms with E-state index in [-0.39, 0.29) is 11.7 Å². The van der Waals surface area contributed by atoms with Crippen molar-refractivity contribution in [2.75, 3.05) is 36.5 Å². The second kappa shape index (κ2) is 7.60. The van der Waals surface area contributed by atoms with Crippen molar-refractivity contribution in [3.05, 3.63) is 40.2 Å². The molecular weight excluding hydrogens is 320 g/mol. The van der Waals surface area contributed by atoms with Gasteiger partial charge in [0.15, 0.2) is 0 Å². The number of aromatic nitrogens is 4. The van der Waals surface area contributed by atoms with Crippen LogP contribution in [-0.4, -0.2) is 52.1 Å². The Kier molecular flexibility index (Phi) is 5.28. The van der Waals surface area contributed by atoms with Crippen LogP contribution in [0.5, 0.6) is 0 Å². The van der Waals surface area contributed by atoms with Crippen molar-refractivity contribution in [2.45, 2.75) is 26.4 Å². The van der Waals surface area contributed by atoms with Gasteiger partial charge in [-0.05, 0) is 20.3 Å². The monoisotopic (exact) mass is 344 g/mol. The minimum atomic E-state index is -0.100. The lowest BCUT2D eigenvalue weighted by Crippen LogP contribution is -2.43. The highest BCUT2D eigenvalue weighted by Crippen LogP contribution is 2.17. The first-order valence-electron chi connectivity index (χ1n) is 8.46. The summed E-state index contributed by atoms with van der Waals surface area (Å²) in [7, 11) is 1.65. The van der Waals surface area contributed by atoms with Crippen molar-refractivity contribution in [2.24, 2.45) is 7.05 Å². The SMILES string of the molecule is Cc1ncnc(NCC[C@@H]2CN(c3cnn(C)c(=O)c3)CCO2)c1C. The van der Waals surface area contributed by atoms with E-state index in [1.165, 1.54) is 4.68 Å². The zero-order chi connectivity index (χ0) is 17.8. The molecule has 0 bridgehead atoms. The molecule has 2 aromatic heterocycles. The highest BCUT2D eigenvalue weighted by molar-refractivity contribution is 5.45. The van der Waals surface area contributed by atoms with Crippen LogP contribution in [0.1, 0.15) is 17.7 Å². The maximum atomic E-state index is 11.8. The van der Waals surface area contributed by atoms with Crippen molar-refractivity contribution in [3.8, 4) is 0 Å². The van der Waals surface area contributed by atoms with Crippen LogP contribution in [-0.2, 0) is 11.8 Å². The van der Waals surface area contributed by atoms with E-state index in [0.717, 1.165) is 48.8 Å². The number of morpholine rings is 1. The molecule has 1 aliphatic rings. The number of rotatable bonds is 5. The summed E-state index contributed by atoms with van der Waals surface area (Å²) >= 11 is 0. The summed E-state index contributed by atoms with van der Waals surface area (Å²) in [6.45, 7) is 6.92. The summed E-state index contributed by atoms with van der Waals surface area (Å²) < 4.78 is 7.19. The Hall–Kier alpha value is -2.48. The second-order valence-corrected chi connectivity index (χ2v) is 6.26. The molecule has 2 aromatic rings. The van der Waals surface area contributed by atoms with Gasteiger partial charge in [0.1, 0.15) is 12.1 Å². The van der Waals surface area contributed by atoms with E-state index in [0.29, 0.717) is 6.61 Å². The first-order valence-corrected chi connectivity index (χ1v) is 8.46. The lowest BCUT2D eigenvalue weighted by atomic mass is 10.2. The number of ether oxygens (including phenoxy) is 1. The molecule has 1 aliphatic heterocycles. The smallest absolute Gasteiger partial charge is 0.268 e. The van der Waals surface area contributed by atoms with Gasteiger partial charge in [-0.3, -0.25) is 4.79 Å². The molecule has 1 N–H and O–H groups in total. The van der Waals surface area contributed by atoms with E-state index in [9.17, 15) is 4.79 Å². The first kappa shape index (κ1) is 17.3. The fourth-order valence-corrected chi connectivity index (χ4v) is 2.83. The molecule has 3 heterocycles. The standard InChI is InChI=1S/C17H24N6O2/c1-12-13(2)19-11-20-17(12)18-5-4-15-10-23(6-7-25-15)14-8-16(24)22(3)21-9-14/h8-9,11,15H,4-7,10H2,1-3H3,(H,18,19,20)/t15-/m1/s1. The van der Waals surface area contributed by atoms with Crippen molar-refractivity contribution >= 4 is 11.5 Å². The van der Waals surface area contributed by atoms with Crippen LogP contribution in [0.2, 0.25) is 0 Å². The van der Waals surface area contributed by atoms with Crippen LogP contribution >= 0.6 is 0 Å². The Bertz CT molecular complexity index is 791. The number of hydrogen-bond donors (Lipinski definition) is 1. The van der Waals surface area contributed by atoms with Crippen LogP contribution in [0.25, 0.3) is 0 Å². The van der Waals surface area contributed by atoms with Crippen molar-refractivity contribution in [1.29, 1.82) is 0 Å². The lowest BCUT2D eigenvalue weighted by Gasteiger charge is -2.34. The molecule has 0 aliphatic carbocycles. The molecule has 8 heteroatoms. The number of anilines is 2. The quantitative estimate of drug-likeness (QED) is 0.862. The van der Waals surface area contributed by atoms with Crippen LogP contribution in [0, 0.1) is 13.8 Å². The summed E-state index contributed by atoms with van der Waals surface area (Å²) in [5, 5.41) is 7.45. The number of nitrogens with zero attached hydrogens (tertiary/aromatic N) is 5. The third-order valence-corrected chi connectivity index (χ3v) is 4.55. The zero-order valence-corrected chi connectivity index (χ0v) is 14.9. The molecule has 0 aromatic carbocycles. The van der Waals surface area contributed by atoms with Gasteiger partial charge >= 0.3 is 0 Å². The van der Waals surface area contributed by atoms with Gasteiger partial charge in [0.05, 0.1) is 24.6 Å². The van der Waals surface area contributed by atoms with Crippen molar-refractivity contribution in [1.82, 2.24) is 19.7 Å². The summed E-state index contributed by atoms with van der Waals surface area (Å²) in [5.74, 6) is 0.871. The normalized spacial score (nSPS) is 17.6. The molecule has 0 amide bonds. The molecular formula is C17H24N6O2. The lowest BCUT2D eigenvalue weighted by molar-refractivity contribution is 0.0374. The van der Waals surface area contributed by atoms with Gasteiger partial charge in [0, 0.05) is 44.0 Å². The van der Waals surface area contributed by atoms with Gasteiger partial charge in [-0.2, -0.15) is 5.10 Å². The summed E-state index contributed by atoms with van der Waals surface area (Å²) in [6.07, 6.45) is 4.27. The van der Waals surface area contributed by atoms with E-state index in [1.807, 2.05) is 13.8 Å². The highest BCUT2D eigenvalue weighted by Gasteiger charge is 2.21. The third kappa shape index (κ3) is 4.14. The fraction of sp³-hybridized carbons (Fsp3) is 0.529. The molecule has 1 fully saturated rings. The maximum absolute atomic E-state index is 11.8. The van der Waals surface area contributed by atoms with E-state index >= 15 is 0 Å². The van der Waals surface area contributed by atoms with Crippen LogP contribution in [0.4, 0.5) is 11.5 Å². The predicted octanol–water partition coefficient (Wildman–Crippen LogP) is 0.895. The highest BCUT2D eigenvalue weighted by atomic mass is 16.5. The van der Waals surface area contributed by atoms with Crippen LogP contribution in [0.15, 0.2) is 23.4 Å². The van der Waals surface area contributed by atoms with Crippen LogP contribution in [0.3, 0.4) is 0 Å². The Morgan fingerprint density at radius 1 is 1.36 bits per heavy atom. The summed E-state index contributed by atoms with van der Waals surface area (Å²) in [5.41, 5.74) is 2.80. The largest absolute Gasteiger partial charge is 0.374 e. The van der Waals surface area contributed by atoms with Crippen LogP contribution < -0.4 is 15.8 Å². The molecule has 134 valence electrons. The van der Waals surface area contributed by atoms with Crippen molar-refractivity contribution in [3.63, 3.8) is 0 Å². The Balaban J connectivity index is 1.56. The average Bonchev–Trinajstić information content (AvgIpc) is 2.61. The molecule has 0 spiro atoms. The average molecular weight is 344 g/mol. The topological polar surface area (TPSA) is 85.2 Å². The van der Waals surface area contributed by atoms with Gasteiger partial charge in [-0.15, -0.1) is 0 Å². The summed E-state index contributed by atoms with van der Waals surface area (Å²) in [6, 6.07) is 1.63. The van der Waals surface area contributed by atoms with E-state index in [4.69, 9.17) is 4.74 Å². The maximum Gasteiger partial charge on any atom is 0.268 e. The predicted molar refractivity (Wildman–Crippen MR) is 96.0 cm³/mol. The minimum Gasteiger partial charge on any atom is -0.374 e. The van der Waals surface area contributed by atoms with E-state index < -0.39 is 0 Å². The first-order chi connectivity index (χ1) is 12.0. The molecule has 25 heavy (non-hydrogen) atoms. The fourth-order valence-electron chi connectivity index (χ4n) is 2.83. The van der Waals surface area contributed by atoms with Gasteiger partial charge in [0.2, 0.25) is 0 Å². The van der Waals surface area contributed by atoms with Crippen molar-refractivity contribution < 1.29 is 4.74 Å². The zero-order valence-electron chi connectivity index (χ0n) is 14.9. The van der Waals surface area contributed by atoms with Gasteiger partial charge in [-0.25, -0.2) is 14.6 Å². The number of aryl methyl sites for hydroxylation is 2. The molecule has 0 unspecified atom stereocenters. The van der Waals surface area contributed by atoms with Gasteiger partial charge in [-0.1, -0.05) is 0 Å². The molecule has 0 radical (unpaired) electrons. The van der Waals surface area contributed by atoms with E-state index in [1.54, 1.807) is 25.6 Å². The van der Waals surface area contributed by atoms with Gasteiger partial charge in [0.25, 0.3) is 5.56 Å². The third-order valence-electron chi connectivity index (χ3n) is 4.55. The van der Waals surface area contributed by atoms with Gasteiger partial charge < -0.3 is 15.0 Å².